The average molecular weight is 176 g/mol. The number of ether oxygens (including phenoxy) is 1. The van der Waals surface area contributed by atoms with Crippen LogP contribution in [0.3, 0.4) is 0 Å². The van der Waals surface area contributed by atoms with Gasteiger partial charge in [-0.05, 0) is 0 Å². The molecule has 0 rings (SSSR count). The Morgan fingerprint density at radius 1 is 1.54 bits per heavy atom. The summed E-state index contributed by atoms with van der Waals surface area (Å²) in [6.07, 6.45) is 2.57. The lowest BCUT2D eigenvalue weighted by Gasteiger charge is -1.92. The van der Waals surface area contributed by atoms with Crippen LogP contribution in [0.2, 0.25) is 0 Å². The zero-order valence-electron chi connectivity index (χ0n) is 6.90. The van der Waals surface area contributed by atoms with E-state index in [-0.39, 0.29) is 18.0 Å². The Balaban J connectivity index is 4.34. The van der Waals surface area contributed by atoms with E-state index in [1.54, 1.807) is 12.1 Å². The molecule has 2 N–H and O–H groups in total. The van der Waals surface area contributed by atoms with Crippen LogP contribution in [-0.4, -0.2) is 13.0 Å². The van der Waals surface area contributed by atoms with E-state index >= 15 is 0 Å². The fourth-order valence-electron chi connectivity index (χ4n) is 0.413. The summed E-state index contributed by atoms with van der Waals surface area (Å²) < 4.78 is 4.75. The summed E-state index contributed by atoms with van der Waals surface area (Å²) in [7, 11) is 0. The van der Waals surface area contributed by atoms with E-state index in [1.165, 1.54) is 6.08 Å². The largest absolute Gasteiger partial charge is 0.479 e. The zero-order valence-corrected chi connectivity index (χ0v) is 6.90. The second-order valence-corrected chi connectivity index (χ2v) is 1.84. The highest BCUT2D eigenvalue weighted by Crippen LogP contribution is 1.96. The smallest absolute Gasteiger partial charge is 0.177 e. The van der Waals surface area contributed by atoms with Gasteiger partial charge in [-0.1, -0.05) is 12.7 Å². The molecule has 0 amide bonds. The van der Waals surface area contributed by atoms with Gasteiger partial charge in [-0.15, -0.1) is 0 Å². The predicted molar refractivity (Wildman–Crippen MR) is 47.1 cm³/mol. The highest BCUT2D eigenvalue weighted by atomic mass is 16.5. The van der Waals surface area contributed by atoms with Gasteiger partial charge < -0.3 is 10.5 Å². The fourth-order valence-corrected chi connectivity index (χ4v) is 0.413. The van der Waals surface area contributed by atoms with Crippen molar-refractivity contribution in [2.75, 3.05) is 6.61 Å². The predicted octanol–water partition coefficient (Wildman–Crippen LogP) is 0.435. The maximum absolute atomic E-state index is 8.46. The molecule has 0 aliphatic heterocycles. The normalized spacial score (nSPS) is 11.2. The number of nitriles is 2. The molecule has 0 aromatic carbocycles. The molecule has 0 aliphatic rings. The summed E-state index contributed by atoms with van der Waals surface area (Å²) in [4.78, 5) is 3.53. The van der Waals surface area contributed by atoms with E-state index in [2.05, 4.69) is 11.6 Å². The van der Waals surface area contributed by atoms with E-state index in [0.29, 0.717) is 0 Å². The lowest BCUT2D eigenvalue weighted by atomic mass is 10.4. The summed E-state index contributed by atoms with van der Waals surface area (Å²) in [6.45, 7) is 3.69. The minimum Gasteiger partial charge on any atom is -0.479 e. The van der Waals surface area contributed by atoms with Crippen molar-refractivity contribution in [3.8, 4) is 12.1 Å². The molecular weight excluding hydrogens is 168 g/mol. The molecule has 5 heteroatoms. The Labute approximate surface area is 76.0 Å². The molecule has 0 aromatic heterocycles. The topological polar surface area (TPSA) is 95.2 Å². The van der Waals surface area contributed by atoms with E-state index in [4.69, 9.17) is 21.0 Å². The first-order valence-corrected chi connectivity index (χ1v) is 3.31. The van der Waals surface area contributed by atoms with Crippen LogP contribution in [0.25, 0.3) is 0 Å². The summed E-state index contributed by atoms with van der Waals surface area (Å²) in [6, 6.07) is 3.26. The maximum atomic E-state index is 8.46. The van der Waals surface area contributed by atoms with Gasteiger partial charge in [0.05, 0.1) is 0 Å². The summed E-state index contributed by atoms with van der Waals surface area (Å²) in [5.41, 5.74) is 4.75. The standard InChI is InChI=1S/C8H8N4O/c1-2-3-13-6-12-8(5-10)7(11)4-9/h2,6H,1,3,11H2/b8-7+,12-6?. The number of nitrogens with zero attached hydrogens (tertiary/aromatic N) is 3. The van der Waals surface area contributed by atoms with Crippen LogP contribution < -0.4 is 5.73 Å². The van der Waals surface area contributed by atoms with E-state index in [9.17, 15) is 0 Å². The lowest BCUT2D eigenvalue weighted by Crippen LogP contribution is -1.98. The molecule has 0 unspecified atom stereocenters. The van der Waals surface area contributed by atoms with Crippen LogP contribution in [0.4, 0.5) is 0 Å². The van der Waals surface area contributed by atoms with Crippen LogP contribution in [-0.2, 0) is 4.74 Å². The van der Waals surface area contributed by atoms with Crippen molar-refractivity contribution < 1.29 is 4.74 Å². The molecule has 0 saturated carbocycles. The van der Waals surface area contributed by atoms with Gasteiger partial charge >= 0.3 is 0 Å². The fraction of sp³-hybridized carbons (Fsp3) is 0.125. The van der Waals surface area contributed by atoms with Crippen LogP contribution in [0.15, 0.2) is 29.0 Å². The van der Waals surface area contributed by atoms with Crippen molar-refractivity contribution in [3.63, 3.8) is 0 Å². The lowest BCUT2D eigenvalue weighted by molar-refractivity contribution is 0.368. The second kappa shape index (κ2) is 6.44. The molecule has 13 heavy (non-hydrogen) atoms. The minimum atomic E-state index is -0.235. The van der Waals surface area contributed by atoms with Gasteiger partial charge in [0, 0.05) is 0 Å². The Kier molecular flexibility index (Phi) is 5.32. The first-order valence-electron chi connectivity index (χ1n) is 3.31. The first-order chi connectivity index (χ1) is 6.26. The summed E-state index contributed by atoms with van der Waals surface area (Å²) in [5.74, 6) is 0. The zero-order chi connectivity index (χ0) is 10.1. The van der Waals surface area contributed by atoms with Crippen molar-refractivity contribution in [1.82, 2.24) is 0 Å². The van der Waals surface area contributed by atoms with Gasteiger partial charge in [-0.3, -0.25) is 0 Å². The summed E-state index contributed by atoms with van der Waals surface area (Å²) in [5, 5.41) is 16.8. The van der Waals surface area contributed by atoms with E-state index in [0.717, 1.165) is 6.40 Å². The maximum Gasteiger partial charge on any atom is 0.177 e. The molecule has 0 heterocycles. The van der Waals surface area contributed by atoms with Crippen molar-refractivity contribution in [3.05, 3.63) is 24.0 Å². The van der Waals surface area contributed by atoms with Gasteiger partial charge in [0.15, 0.2) is 12.1 Å². The highest BCUT2D eigenvalue weighted by molar-refractivity contribution is 5.52. The SMILES string of the molecule is C=CCOC=N/C(C#N)=C(/N)C#N. The van der Waals surface area contributed by atoms with Gasteiger partial charge in [0.1, 0.15) is 24.4 Å². The highest BCUT2D eigenvalue weighted by Gasteiger charge is 1.97. The molecule has 0 fully saturated rings. The van der Waals surface area contributed by atoms with Crippen LogP contribution in [0.1, 0.15) is 0 Å². The molecular formula is C8H8N4O. The molecule has 5 nitrogen and oxygen atoms in total. The minimum absolute atomic E-state index is 0.161. The van der Waals surface area contributed by atoms with Gasteiger partial charge in [0.2, 0.25) is 0 Å². The van der Waals surface area contributed by atoms with Gasteiger partial charge in [-0.2, -0.15) is 10.5 Å². The molecule has 0 bridgehead atoms. The Morgan fingerprint density at radius 3 is 2.69 bits per heavy atom. The molecule has 0 saturated heterocycles. The van der Waals surface area contributed by atoms with Crippen molar-refractivity contribution in [1.29, 1.82) is 10.5 Å². The van der Waals surface area contributed by atoms with Gasteiger partial charge in [-0.25, -0.2) is 4.99 Å². The number of nitrogens with two attached hydrogens (primary N) is 1. The molecule has 0 aliphatic carbocycles. The van der Waals surface area contributed by atoms with Crippen LogP contribution >= 0.6 is 0 Å². The quantitative estimate of drug-likeness (QED) is 0.221. The van der Waals surface area contributed by atoms with Crippen molar-refractivity contribution in [2.24, 2.45) is 10.7 Å². The second-order valence-electron chi connectivity index (χ2n) is 1.84. The Morgan fingerprint density at radius 2 is 2.23 bits per heavy atom. The van der Waals surface area contributed by atoms with Gasteiger partial charge in [0.25, 0.3) is 0 Å². The Bertz CT molecular complexity index is 316. The van der Waals surface area contributed by atoms with Crippen LogP contribution in [0, 0.1) is 22.7 Å². The molecule has 0 atom stereocenters. The Hall–Kier alpha value is -2.27. The number of hydrogen-bond acceptors (Lipinski definition) is 5. The average Bonchev–Trinajstić information content (AvgIpc) is 2.17. The third-order valence-corrected chi connectivity index (χ3v) is 0.952. The summed E-state index contributed by atoms with van der Waals surface area (Å²) >= 11 is 0. The molecule has 0 spiro atoms. The molecule has 0 radical (unpaired) electrons. The molecule has 0 aromatic rings. The third kappa shape index (κ3) is 4.23. The first kappa shape index (κ1) is 10.7. The van der Waals surface area contributed by atoms with Crippen LogP contribution in [0.5, 0.6) is 0 Å². The third-order valence-electron chi connectivity index (χ3n) is 0.952. The molecule has 66 valence electrons. The number of aliphatic imine (C=N–C) groups is 1. The van der Waals surface area contributed by atoms with Crippen molar-refractivity contribution >= 4 is 6.40 Å². The van der Waals surface area contributed by atoms with E-state index in [1.807, 2.05) is 0 Å². The number of rotatable bonds is 4. The van der Waals surface area contributed by atoms with E-state index < -0.39 is 0 Å². The number of hydrogen-bond donors (Lipinski definition) is 1. The van der Waals surface area contributed by atoms with Crippen molar-refractivity contribution in [2.45, 2.75) is 0 Å². The monoisotopic (exact) mass is 176 g/mol. The number of allylic oxidation sites excluding steroid dienone is 2.